The molecular formula is C16H17NO3. The fraction of sp³-hybridized carbons (Fsp3) is 0.188. The Bertz CT molecular complexity index is 596. The zero-order chi connectivity index (χ0) is 14.5. The van der Waals surface area contributed by atoms with Crippen LogP contribution in [0.15, 0.2) is 48.5 Å². The maximum atomic E-state index is 12.2. The van der Waals surface area contributed by atoms with Crippen molar-refractivity contribution in [2.24, 2.45) is 0 Å². The molecule has 0 spiro atoms. The smallest absolute Gasteiger partial charge is 0.252 e. The predicted molar refractivity (Wildman–Crippen MR) is 76.6 cm³/mol. The van der Waals surface area contributed by atoms with Crippen LogP contribution in [0.4, 0.5) is 0 Å². The summed E-state index contributed by atoms with van der Waals surface area (Å²) in [5, 5.41) is 21.6. The molecule has 20 heavy (non-hydrogen) atoms. The summed E-state index contributed by atoms with van der Waals surface area (Å²) < 4.78 is 0. The van der Waals surface area contributed by atoms with Gasteiger partial charge in [-0.25, -0.2) is 0 Å². The van der Waals surface area contributed by atoms with Crippen molar-refractivity contribution in [3.8, 4) is 5.75 Å². The highest BCUT2D eigenvalue weighted by Crippen LogP contribution is 2.17. The van der Waals surface area contributed by atoms with Gasteiger partial charge in [0.25, 0.3) is 5.91 Å². The first-order valence-corrected chi connectivity index (χ1v) is 6.38. The monoisotopic (exact) mass is 271 g/mol. The molecule has 0 aliphatic rings. The van der Waals surface area contributed by atoms with Crippen LogP contribution >= 0.6 is 0 Å². The summed E-state index contributed by atoms with van der Waals surface area (Å²) in [6, 6.07) is 13.4. The molecule has 4 heteroatoms. The number of carbonyl (C=O) groups excluding carboxylic acids is 1. The first-order chi connectivity index (χ1) is 9.61. The van der Waals surface area contributed by atoms with Crippen molar-refractivity contribution in [2.75, 3.05) is 6.61 Å². The molecule has 0 unspecified atom stereocenters. The number of phenols is 1. The van der Waals surface area contributed by atoms with E-state index in [1.54, 1.807) is 13.0 Å². The summed E-state index contributed by atoms with van der Waals surface area (Å²) in [6.45, 7) is 1.58. The minimum atomic E-state index is -0.447. The van der Waals surface area contributed by atoms with Crippen LogP contribution in [-0.4, -0.2) is 22.7 Å². The van der Waals surface area contributed by atoms with Crippen molar-refractivity contribution in [3.63, 3.8) is 0 Å². The van der Waals surface area contributed by atoms with Crippen LogP contribution in [0.2, 0.25) is 0 Å². The van der Waals surface area contributed by atoms with Crippen molar-refractivity contribution in [3.05, 3.63) is 65.2 Å². The van der Waals surface area contributed by atoms with Gasteiger partial charge in [0.05, 0.1) is 12.6 Å². The number of amides is 1. The Morgan fingerprint density at radius 3 is 2.50 bits per heavy atom. The van der Waals surface area contributed by atoms with Crippen molar-refractivity contribution in [1.82, 2.24) is 5.32 Å². The van der Waals surface area contributed by atoms with Crippen molar-refractivity contribution >= 4 is 5.91 Å². The Labute approximate surface area is 117 Å². The van der Waals surface area contributed by atoms with E-state index in [0.717, 1.165) is 5.56 Å². The molecule has 0 aliphatic carbocycles. The van der Waals surface area contributed by atoms with Gasteiger partial charge in [-0.15, -0.1) is 0 Å². The standard InChI is InChI=1S/C16H17NO3/c1-11-9-13(19)7-8-14(11)16(20)17-15(10-18)12-5-3-2-4-6-12/h2-9,15,18-19H,10H2,1H3,(H,17,20)/t15-/m0/s1. The van der Waals surface area contributed by atoms with Gasteiger partial charge in [0.15, 0.2) is 0 Å². The quantitative estimate of drug-likeness (QED) is 0.798. The lowest BCUT2D eigenvalue weighted by Crippen LogP contribution is -2.31. The van der Waals surface area contributed by atoms with Crippen molar-refractivity contribution in [1.29, 1.82) is 0 Å². The number of aliphatic hydroxyl groups excluding tert-OH is 1. The molecule has 0 aliphatic heterocycles. The van der Waals surface area contributed by atoms with Gasteiger partial charge >= 0.3 is 0 Å². The van der Waals surface area contributed by atoms with Gasteiger partial charge in [-0.2, -0.15) is 0 Å². The molecule has 0 fully saturated rings. The van der Waals surface area contributed by atoms with Crippen LogP contribution in [0.5, 0.6) is 5.75 Å². The normalized spacial score (nSPS) is 11.9. The lowest BCUT2D eigenvalue weighted by Gasteiger charge is -2.17. The zero-order valence-corrected chi connectivity index (χ0v) is 11.2. The largest absolute Gasteiger partial charge is 0.508 e. The minimum absolute atomic E-state index is 0.126. The molecule has 2 aromatic rings. The van der Waals surface area contributed by atoms with E-state index in [0.29, 0.717) is 11.1 Å². The van der Waals surface area contributed by atoms with Crippen molar-refractivity contribution in [2.45, 2.75) is 13.0 Å². The number of hydrogen-bond acceptors (Lipinski definition) is 3. The third-order valence-corrected chi connectivity index (χ3v) is 3.14. The highest BCUT2D eigenvalue weighted by atomic mass is 16.3. The second-order valence-electron chi connectivity index (χ2n) is 4.62. The molecule has 3 N–H and O–H groups in total. The maximum absolute atomic E-state index is 12.2. The van der Waals surface area contributed by atoms with Gasteiger partial charge in [-0.1, -0.05) is 30.3 Å². The Hall–Kier alpha value is -2.33. The van der Waals surface area contributed by atoms with Crippen LogP contribution in [0.1, 0.15) is 27.5 Å². The summed E-state index contributed by atoms with van der Waals surface area (Å²) in [5.74, 6) is -0.147. The Morgan fingerprint density at radius 1 is 1.20 bits per heavy atom. The highest BCUT2D eigenvalue weighted by molar-refractivity contribution is 5.96. The van der Waals surface area contributed by atoms with Gasteiger partial charge in [0.1, 0.15) is 5.75 Å². The van der Waals surface area contributed by atoms with Crippen LogP contribution in [0, 0.1) is 6.92 Å². The molecule has 4 nitrogen and oxygen atoms in total. The summed E-state index contributed by atoms with van der Waals surface area (Å²) >= 11 is 0. The number of phenolic OH excluding ortho intramolecular Hbond substituents is 1. The number of carbonyl (C=O) groups is 1. The number of benzene rings is 2. The van der Waals surface area contributed by atoms with Gasteiger partial charge < -0.3 is 15.5 Å². The van der Waals surface area contributed by atoms with Gasteiger partial charge in [-0.05, 0) is 36.2 Å². The molecule has 0 radical (unpaired) electrons. The van der Waals surface area contributed by atoms with E-state index in [-0.39, 0.29) is 18.3 Å². The second kappa shape index (κ2) is 6.21. The summed E-state index contributed by atoms with van der Waals surface area (Å²) in [4.78, 5) is 12.2. The Balaban J connectivity index is 2.17. The van der Waals surface area contributed by atoms with Crippen molar-refractivity contribution < 1.29 is 15.0 Å². The van der Waals surface area contributed by atoms with E-state index in [1.165, 1.54) is 12.1 Å². The van der Waals surface area contributed by atoms with E-state index < -0.39 is 6.04 Å². The highest BCUT2D eigenvalue weighted by Gasteiger charge is 2.16. The first kappa shape index (κ1) is 14.1. The Kier molecular flexibility index (Phi) is 4.38. The van der Waals surface area contributed by atoms with E-state index in [2.05, 4.69) is 5.32 Å². The first-order valence-electron chi connectivity index (χ1n) is 6.38. The van der Waals surface area contributed by atoms with Crippen LogP contribution in [-0.2, 0) is 0 Å². The SMILES string of the molecule is Cc1cc(O)ccc1C(=O)N[C@@H](CO)c1ccccc1. The molecule has 2 aromatic carbocycles. The molecule has 0 saturated heterocycles. The van der Waals surface area contributed by atoms with Crippen LogP contribution in [0.25, 0.3) is 0 Å². The van der Waals surface area contributed by atoms with E-state index in [4.69, 9.17) is 0 Å². The van der Waals surface area contributed by atoms with E-state index in [1.807, 2.05) is 30.3 Å². The van der Waals surface area contributed by atoms with Gasteiger partial charge in [-0.3, -0.25) is 4.79 Å². The Morgan fingerprint density at radius 2 is 1.90 bits per heavy atom. The average molecular weight is 271 g/mol. The minimum Gasteiger partial charge on any atom is -0.508 e. The number of aryl methyl sites for hydroxylation is 1. The van der Waals surface area contributed by atoms with Crippen LogP contribution < -0.4 is 5.32 Å². The van der Waals surface area contributed by atoms with Crippen LogP contribution in [0.3, 0.4) is 0 Å². The number of aliphatic hydroxyl groups is 1. The molecule has 1 amide bonds. The molecule has 2 rings (SSSR count). The molecule has 0 aromatic heterocycles. The van der Waals surface area contributed by atoms with Gasteiger partial charge in [0, 0.05) is 5.56 Å². The fourth-order valence-electron chi connectivity index (χ4n) is 2.06. The molecule has 0 heterocycles. The summed E-state index contributed by atoms with van der Waals surface area (Å²) in [5.41, 5.74) is 2.02. The molecular weight excluding hydrogens is 254 g/mol. The number of rotatable bonds is 4. The number of aromatic hydroxyl groups is 1. The third-order valence-electron chi connectivity index (χ3n) is 3.14. The zero-order valence-electron chi connectivity index (χ0n) is 11.2. The second-order valence-corrected chi connectivity index (χ2v) is 4.62. The van der Waals surface area contributed by atoms with E-state index in [9.17, 15) is 15.0 Å². The molecule has 0 bridgehead atoms. The average Bonchev–Trinajstić information content (AvgIpc) is 2.45. The predicted octanol–water partition coefficient (Wildman–Crippen LogP) is 2.16. The number of nitrogens with one attached hydrogen (secondary N) is 1. The third kappa shape index (κ3) is 3.16. The number of hydrogen-bond donors (Lipinski definition) is 3. The fourth-order valence-corrected chi connectivity index (χ4v) is 2.06. The molecule has 104 valence electrons. The summed E-state index contributed by atoms with van der Waals surface area (Å²) in [6.07, 6.45) is 0. The lowest BCUT2D eigenvalue weighted by molar-refractivity contribution is 0.0915. The molecule has 0 saturated carbocycles. The maximum Gasteiger partial charge on any atom is 0.252 e. The lowest BCUT2D eigenvalue weighted by atomic mass is 10.0. The van der Waals surface area contributed by atoms with E-state index >= 15 is 0 Å². The van der Waals surface area contributed by atoms with Gasteiger partial charge in [0.2, 0.25) is 0 Å². The molecule has 1 atom stereocenters. The summed E-state index contributed by atoms with van der Waals surface area (Å²) in [7, 11) is 0. The topological polar surface area (TPSA) is 69.6 Å².